The fourth-order valence-electron chi connectivity index (χ4n) is 3.91. The molecule has 0 unspecified atom stereocenters. The summed E-state index contributed by atoms with van der Waals surface area (Å²) in [4.78, 5) is 23.7. The molecule has 9 heteroatoms. The van der Waals surface area contributed by atoms with Crippen LogP contribution in [-0.4, -0.2) is 30.1 Å². The fourth-order valence-corrected chi connectivity index (χ4v) is 4.74. The molecule has 0 atom stereocenters. The highest BCUT2D eigenvalue weighted by atomic mass is 32.2. The van der Waals surface area contributed by atoms with Gasteiger partial charge in [0.05, 0.1) is 0 Å². The molecule has 0 spiro atoms. The Morgan fingerprint density at radius 1 is 1.07 bits per heavy atom. The van der Waals surface area contributed by atoms with E-state index in [2.05, 4.69) is 16.5 Å². The summed E-state index contributed by atoms with van der Waals surface area (Å²) < 4.78 is 27.7. The third-order valence-electron chi connectivity index (χ3n) is 5.10. The first-order valence-electron chi connectivity index (χ1n) is 8.92. The summed E-state index contributed by atoms with van der Waals surface area (Å²) in [5.41, 5.74) is 5.48. The Kier molecular flexibility index (Phi) is 4.26. The van der Waals surface area contributed by atoms with Gasteiger partial charge in [0.2, 0.25) is 5.91 Å². The minimum Gasteiger partial charge on any atom is -0.307 e. The first-order chi connectivity index (χ1) is 12.8. The Balaban J connectivity index is 1.57. The van der Waals surface area contributed by atoms with Crippen molar-refractivity contribution in [2.75, 3.05) is 5.32 Å². The van der Waals surface area contributed by atoms with Crippen LogP contribution in [0.3, 0.4) is 0 Å². The topological polar surface area (TPSA) is 110 Å². The van der Waals surface area contributed by atoms with Crippen molar-refractivity contribution < 1.29 is 18.0 Å². The van der Waals surface area contributed by atoms with Gasteiger partial charge in [-0.25, -0.2) is 14.2 Å². The monoisotopic (exact) mass is 388 g/mol. The van der Waals surface area contributed by atoms with E-state index < -0.39 is 22.0 Å². The van der Waals surface area contributed by atoms with E-state index in [1.807, 2.05) is 4.72 Å². The number of aromatic nitrogens is 2. The Bertz CT molecular complexity index is 1020. The second-order valence-corrected chi connectivity index (χ2v) is 8.54. The average Bonchev–Trinajstić information content (AvgIpc) is 3.34. The standard InChI is InChI=1S/C18H20N4O4S/c1-11(23)22-9-8-16(20-22)27(25,26)21-18(24)19-17-14-6-2-4-12(14)10-13-5-3-7-15(13)17/h8-10H,2-7H2,1H3,(H2,19,21,24). The van der Waals surface area contributed by atoms with E-state index in [1.165, 1.54) is 30.3 Å². The van der Waals surface area contributed by atoms with Gasteiger partial charge in [0.1, 0.15) is 0 Å². The van der Waals surface area contributed by atoms with Crippen LogP contribution in [0, 0.1) is 0 Å². The quantitative estimate of drug-likeness (QED) is 0.836. The highest BCUT2D eigenvalue weighted by molar-refractivity contribution is 7.90. The number of hydrogen-bond acceptors (Lipinski definition) is 5. The number of carbonyl (C=O) groups excluding carboxylic acids is 2. The van der Waals surface area contributed by atoms with Gasteiger partial charge in [-0.05, 0) is 66.8 Å². The SMILES string of the molecule is CC(=O)n1ccc(S(=O)(=O)NC(=O)Nc2c3c(cc4c2CCC4)CCC3)n1. The molecule has 8 nitrogen and oxygen atoms in total. The van der Waals surface area contributed by atoms with E-state index in [4.69, 9.17) is 0 Å². The molecule has 0 saturated carbocycles. The highest BCUT2D eigenvalue weighted by Crippen LogP contribution is 2.38. The van der Waals surface area contributed by atoms with Crippen molar-refractivity contribution >= 4 is 27.6 Å². The summed E-state index contributed by atoms with van der Waals surface area (Å²) in [7, 11) is -4.17. The molecule has 1 heterocycles. The van der Waals surface area contributed by atoms with Gasteiger partial charge in [0.25, 0.3) is 10.0 Å². The number of fused-ring (bicyclic) bond motifs is 2. The van der Waals surface area contributed by atoms with Crippen LogP contribution in [0.15, 0.2) is 23.4 Å². The predicted molar refractivity (Wildman–Crippen MR) is 98.4 cm³/mol. The zero-order chi connectivity index (χ0) is 19.2. The van der Waals surface area contributed by atoms with Crippen LogP contribution in [0.2, 0.25) is 0 Å². The lowest BCUT2D eigenvalue weighted by Gasteiger charge is -2.16. The Morgan fingerprint density at radius 3 is 2.26 bits per heavy atom. The molecule has 142 valence electrons. The molecule has 0 fully saturated rings. The largest absolute Gasteiger partial charge is 0.333 e. The second-order valence-electron chi connectivity index (χ2n) is 6.91. The van der Waals surface area contributed by atoms with Crippen LogP contribution >= 0.6 is 0 Å². The first-order valence-corrected chi connectivity index (χ1v) is 10.4. The van der Waals surface area contributed by atoms with E-state index in [1.54, 1.807) is 0 Å². The third-order valence-corrected chi connectivity index (χ3v) is 6.32. The Hall–Kier alpha value is -2.68. The lowest BCUT2D eigenvalue weighted by Crippen LogP contribution is -2.35. The minimum absolute atomic E-state index is 0.378. The molecule has 2 N–H and O–H groups in total. The van der Waals surface area contributed by atoms with Gasteiger partial charge in [-0.3, -0.25) is 4.79 Å². The van der Waals surface area contributed by atoms with Crippen LogP contribution in [0.25, 0.3) is 0 Å². The third kappa shape index (κ3) is 3.23. The molecule has 2 amide bonds. The number of hydrogen-bond donors (Lipinski definition) is 2. The molecule has 2 aliphatic rings. The molecule has 2 aromatic rings. The number of rotatable bonds is 3. The summed E-state index contributed by atoms with van der Waals surface area (Å²) in [6.45, 7) is 1.26. The molecular weight excluding hydrogens is 368 g/mol. The van der Waals surface area contributed by atoms with Crippen molar-refractivity contribution in [3.05, 3.63) is 40.6 Å². The fraction of sp³-hybridized carbons (Fsp3) is 0.389. The summed E-state index contributed by atoms with van der Waals surface area (Å²) in [5, 5.41) is 6.08. The first kappa shape index (κ1) is 17.7. The molecule has 0 radical (unpaired) electrons. The van der Waals surface area contributed by atoms with Crippen molar-refractivity contribution in [2.24, 2.45) is 0 Å². The second kappa shape index (κ2) is 6.49. The lowest BCUT2D eigenvalue weighted by atomic mass is 9.99. The molecular formula is C18H20N4O4S. The van der Waals surface area contributed by atoms with E-state index >= 15 is 0 Å². The summed E-state index contributed by atoms with van der Waals surface area (Å²) in [6.07, 6.45) is 7.05. The van der Waals surface area contributed by atoms with Crippen LogP contribution in [0.1, 0.15) is 46.8 Å². The van der Waals surface area contributed by atoms with Crippen LogP contribution in [0.5, 0.6) is 0 Å². The van der Waals surface area contributed by atoms with E-state index in [0.29, 0.717) is 0 Å². The maximum absolute atomic E-state index is 12.4. The molecule has 1 aromatic heterocycles. The van der Waals surface area contributed by atoms with Gasteiger partial charge in [-0.15, -0.1) is 0 Å². The molecule has 4 rings (SSSR count). The van der Waals surface area contributed by atoms with Crippen molar-refractivity contribution in [3.8, 4) is 0 Å². The number of urea groups is 1. The van der Waals surface area contributed by atoms with Crippen LogP contribution in [0.4, 0.5) is 10.5 Å². The summed E-state index contributed by atoms with van der Waals surface area (Å²) in [6, 6.07) is 2.59. The number of sulfonamides is 1. The molecule has 2 aliphatic carbocycles. The number of carbonyl (C=O) groups is 2. The van der Waals surface area contributed by atoms with Crippen LogP contribution < -0.4 is 10.0 Å². The average molecular weight is 388 g/mol. The number of amides is 2. The van der Waals surface area contributed by atoms with Crippen LogP contribution in [-0.2, 0) is 35.7 Å². The van der Waals surface area contributed by atoms with Gasteiger partial charge in [-0.1, -0.05) is 6.07 Å². The van der Waals surface area contributed by atoms with Gasteiger partial charge in [0, 0.05) is 18.8 Å². The zero-order valence-electron chi connectivity index (χ0n) is 14.9. The van der Waals surface area contributed by atoms with Crippen molar-refractivity contribution in [1.29, 1.82) is 0 Å². The normalized spacial score (nSPS) is 15.3. The van der Waals surface area contributed by atoms with Gasteiger partial charge in [0.15, 0.2) is 5.03 Å². The summed E-state index contributed by atoms with van der Waals surface area (Å²) >= 11 is 0. The zero-order valence-corrected chi connectivity index (χ0v) is 15.7. The predicted octanol–water partition coefficient (Wildman–Crippen LogP) is 2.03. The van der Waals surface area contributed by atoms with Gasteiger partial charge < -0.3 is 5.32 Å². The summed E-state index contributed by atoms with van der Waals surface area (Å²) in [5.74, 6) is -0.420. The number of nitrogens with one attached hydrogen (secondary N) is 2. The molecule has 27 heavy (non-hydrogen) atoms. The number of aryl methyl sites for hydroxylation is 2. The maximum atomic E-state index is 12.4. The molecule has 0 saturated heterocycles. The molecule has 1 aromatic carbocycles. The van der Waals surface area contributed by atoms with E-state index in [0.717, 1.165) is 60.0 Å². The van der Waals surface area contributed by atoms with E-state index in [-0.39, 0.29) is 5.03 Å². The van der Waals surface area contributed by atoms with Crippen molar-refractivity contribution in [1.82, 2.24) is 14.5 Å². The number of nitrogens with zero attached hydrogens (tertiary/aromatic N) is 2. The highest BCUT2D eigenvalue weighted by Gasteiger charge is 2.27. The molecule has 0 bridgehead atoms. The number of benzene rings is 1. The smallest absolute Gasteiger partial charge is 0.307 e. The molecule has 0 aliphatic heterocycles. The van der Waals surface area contributed by atoms with Gasteiger partial charge in [-0.2, -0.15) is 13.5 Å². The van der Waals surface area contributed by atoms with E-state index in [9.17, 15) is 18.0 Å². The maximum Gasteiger partial charge on any atom is 0.333 e. The van der Waals surface area contributed by atoms with Crippen molar-refractivity contribution in [3.63, 3.8) is 0 Å². The Morgan fingerprint density at radius 2 is 1.70 bits per heavy atom. The number of anilines is 1. The van der Waals surface area contributed by atoms with Crippen molar-refractivity contribution in [2.45, 2.75) is 50.5 Å². The van der Waals surface area contributed by atoms with Gasteiger partial charge >= 0.3 is 6.03 Å². The minimum atomic E-state index is -4.17. The lowest BCUT2D eigenvalue weighted by molar-refractivity contribution is 0.0919. The Labute approximate surface area is 157 Å².